The zero-order chi connectivity index (χ0) is 21.8. The standard InChI is InChI=1S/C26H28N2O3/c1-18-10-11-21(26(30)31-2)16-24(18)27-25(29)20-12-14-28(15-13-20)17-22-8-5-7-19-6-3-4-9-23(19)22/h3-11,16,20H,12-15,17H2,1-2H3,(H,27,29). The molecule has 1 aliphatic rings. The van der Waals surface area contributed by atoms with Crippen LogP contribution in [0.3, 0.4) is 0 Å². The first-order valence-electron chi connectivity index (χ1n) is 10.7. The van der Waals surface area contributed by atoms with Crippen LogP contribution in [0.2, 0.25) is 0 Å². The second kappa shape index (κ2) is 9.31. The van der Waals surface area contributed by atoms with Crippen LogP contribution in [0.15, 0.2) is 60.7 Å². The molecule has 5 nitrogen and oxygen atoms in total. The van der Waals surface area contributed by atoms with Crippen LogP contribution in [-0.4, -0.2) is 37.0 Å². The number of esters is 1. The molecule has 1 amide bonds. The molecule has 1 aliphatic heterocycles. The normalized spacial score (nSPS) is 15.0. The van der Waals surface area contributed by atoms with Gasteiger partial charge in [0, 0.05) is 18.2 Å². The largest absolute Gasteiger partial charge is 0.465 e. The fourth-order valence-electron chi connectivity index (χ4n) is 4.26. The lowest BCUT2D eigenvalue weighted by atomic mass is 9.94. The predicted molar refractivity (Wildman–Crippen MR) is 123 cm³/mol. The molecule has 0 radical (unpaired) electrons. The summed E-state index contributed by atoms with van der Waals surface area (Å²) in [5, 5.41) is 5.58. The molecular weight excluding hydrogens is 388 g/mol. The summed E-state index contributed by atoms with van der Waals surface area (Å²) >= 11 is 0. The Bertz CT molecular complexity index is 1100. The highest BCUT2D eigenvalue weighted by molar-refractivity contribution is 5.96. The lowest BCUT2D eigenvalue weighted by Crippen LogP contribution is -2.37. The second-order valence-corrected chi connectivity index (χ2v) is 8.20. The van der Waals surface area contributed by atoms with E-state index in [-0.39, 0.29) is 11.8 Å². The number of nitrogens with one attached hydrogen (secondary N) is 1. The van der Waals surface area contributed by atoms with Gasteiger partial charge in [-0.3, -0.25) is 9.69 Å². The lowest BCUT2D eigenvalue weighted by molar-refractivity contribution is -0.121. The Morgan fingerprint density at radius 3 is 2.55 bits per heavy atom. The fraction of sp³-hybridized carbons (Fsp3) is 0.308. The number of likely N-dealkylation sites (tertiary alicyclic amines) is 1. The summed E-state index contributed by atoms with van der Waals surface area (Å²) in [6.07, 6.45) is 1.65. The van der Waals surface area contributed by atoms with E-state index in [1.54, 1.807) is 12.1 Å². The predicted octanol–water partition coefficient (Wildman–Crippen LogP) is 4.79. The van der Waals surface area contributed by atoms with Crippen molar-refractivity contribution in [3.63, 3.8) is 0 Å². The fourth-order valence-corrected chi connectivity index (χ4v) is 4.26. The zero-order valence-corrected chi connectivity index (χ0v) is 18.1. The quantitative estimate of drug-likeness (QED) is 0.608. The maximum Gasteiger partial charge on any atom is 0.337 e. The third-order valence-electron chi connectivity index (χ3n) is 6.15. The van der Waals surface area contributed by atoms with Crippen LogP contribution in [0.4, 0.5) is 5.69 Å². The molecule has 4 rings (SSSR count). The molecule has 0 bridgehead atoms. The van der Waals surface area contributed by atoms with Gasteiger partial charge in [-0.05, 0) is 66.9 Å². The SMILES string of the molecule is COC(=O)c1ccc(C)c(NC(=O)C2CCN(Cc3cccc4ccccc34)CC2)c1. The number of methoxy groups -OCH3 is 1. The number of carbonyl (C=O) groups is 2. The first-order chi connectivity index (χ1) is 15.0. The molecule has 1 fully saturated rings. The number of fused-ring (bicyclic) bond motifs is 1. The number of ether oxygens (including phenoxy) is 1. The van der Waals surface area contributed by atoms with E-state index in [2.05, 4.69) is 52.7 Å². The van der Waals surface area contributed by atoms with Gasteiger partial charge in [-0.1, -0.05) is 48.5 Å². The Labute approximate surface area is 183 Å². The monoisotopic (exact) mass is 416 g/mol. The summed E-state index contributed by atoms with van der Waals surface area (Å²) < 4.78 is 4.78. The third kappa shape index (κ3) is 4.78. The number of hydrogen-bond acceptors (Lipinski definition) is 4. The van der Waals surface area contributed by atoms with Crippen LogP contribution in [0.25, 0.3) is 10.8 Å². The first-order valence-corrected chi connectivity index (χ1v) is 10.7. The Kier molecular flexibility index (Phi) is 6.33. The maximum absolute atomic E-state index is 12.9. The number of nitrogens with zero attached hydrogens (tertiary/aromatic N) is 1. The molecule has 0 aromatic heterocycles. The lowest BCUT2D eigenvalue weighted by Gasteiger charge is -2.31. The molecule has 0 unspecified atom stereocenters. The average molecular weight is 417 g/mol. The Morgan fingerprint density at radius 2 is 1.77 bits per heavy atom. The van der Waals surface area contributed by atoms with Crippen LogP contribution >= 0.6 is 0 Å². The minimum absolute atomic E-state index is 0.0231. The Hall–Kier alpha value is -3.18. The molecule has 160 valence electrons. The molecule has 3 aromatic rings. The highest BCUT2D eigenvalue weighted by Crippen LogP contribution is 2.25. The summed E-state index contributed by atoms with van der Waals surface area (Å²) in [6.45, 7) is 4.60. The van der Waals surface area contributed by atoms with E-state index in [0.29, 0.717) is 11.3 Å². The zero-order valence-electron chi connectivity index (χ0n) is 18.1. The van der Waals surface area contributed by atoms with E-state index in [9.17, 15) is 9.59 Å². The molecule has 1 saturated heterocycles. The minimum atomic E-state index is -0.405. The average Bonchev–Trinajstić information content (AvgIpc) is 2.80. The molecule has 0 atom stereocenters. The van der Waals surface area contributed by atoms with Crippen LogP contribution in [-0.2, 0) is 16.1 Å². The van der Waals surface area contributed by atoms with E-state index in [0.717, 1.165) is 38.0 Å². The maximum atomic E-state index is 12.9. The summed E-state index contributed by atoms with van der Waals surface area (Å²) in [6, 6.07) is 20.2. The van der Waals surface area contributed by atoms with Gasteiger partial charge in [-0.25, -0.2) is 4.79 Å². The van der Waals surface area contributed by atoms with Gasteiger partial charge in [0.1, 0.15) is 0 Å². The molecule has 0 aliphatic carbocycles. The third-order valence-corrected chi connectivity index (χ3v) is 6.15. The molecule has 1 heterocycles. The minimum Gasteiger partial charge on any atom is -0.465 e. The molecule has 0 saturated carbocycles. The highest BCUT2D eigenvalue weighted by atomic mass is 16.5. The van der Waals surface area contributed by atoms with Gasteiger partial charge >= 0.3 is 5.97 Å². The number of anilines is 1. The smallest absolute Gasteiger partial charge is 0.337 e. The van der Waals surface area contributed by atoms with Gasteiger partial charge in [-0.2, -0.15) is 0 Å². The van der Waals surface area contributed by atoms with Gasteiger partial charge in [0.05, 0.1) is 12.7 Å². The summed E-state index contributed by atoms with van der Waals surface area (Å²) in [5.74, 6) is -0.405. The molecule has 5 heteroatoms. The van der Waals surface area contributed by atoms with Gasteiger partial charge in [0.2, 0.25) is 5.91 Å². The van der Waals surface area contributed by atoms with Crippen molar-refractivity contribution in [3.05, 3.63) is 77.4 Å². The number of amides is 1. The van der Waals surface area contributed by atoms with Gasteiger partial charge in [0.15, 0.2) is 0 Å². The van der Waals surface area contributed by atoms with Crippen molar-refractivity contribution in [1.82, 2.24) is 4.90 Å². The number of hydrogen-bond donors (Lipinski definition) is 1. The van der Waals surface area contributed by atoms with E-state index < -0.39 is 5.97 Å². The molecule has 0 spiro atoms. The van der Waals surface area contributed by atoms with E-state index in [4.69, 9.17) is 4.74 Å². The number of carbonyl (C=O) groups excluding carboxylic acids is 2. The van der Waals surface area contributed by atoms with E-state index in [1.165, 1.54) is 23.4 Å². The first kappa shape index (κ1) is 21.1. The van der Waals surface area contributed by atoms with Crippen molar-refractivity contribution >= 4 is 28.3 Å². The molecule has 31 heavy (non-hydrogen) atoms. The number of piperidine rings is 1. The molecular formula is C26H28N2O3. The summed E-state index contributed by atoms with van der Waals surface area (Å²) in [7, 11) is 1.35. The molecule has 1 N–H and O–H groups in total. The van der Waals surface area contributed by atoms with Gasteiger partial charge in [-0.15, -0.1) is 0 Å². The second-order valence-electron chi connectivity index (χ2n) is 8.20. The van der Waals surface area contributed by atoms with E-state index in [1.807, 2.05) is 13.0 Å². The Balaban J connectivity index is 1.37. The van der Waals surface area contributed by atoms with Gasteiger partial charge < -0.3 is 10.1 Å². The van der Waals surface area contributed by atoms with Crippen LogP contribution in [0.5, 0.6) is 0 Å². The van der Waals surface area contributed by atoms with Gasteiger partial charge in [0.25, 0.3) is 0 Å². The highest BCUT2D eigenvalue weighted by Gasteiger charge is 2.25. The van der Waals surface area contributed by atoms with Crippen molar-refractivity contribution < 1.29 is 14.3 Å². The van der Waals surface area contributed by atoms with Crippen molar-refractivity contribution in [2.75, 3.05) is 25.5 Å². The number of benzene rings is 3. The number of aryl methyl sites for hydroxylation is 1. The van der Waals surface area contributed by atoms with Crippen LogP contribution in [0, 0.1) is 12.8 Å². The summed E-state index contributed by atoms with van der Waals surface area (Å²) in [4.78, 5) is 27.1. The number of rotatable bonds is 5. The Morgan fingerprint density at radius 1 is 1.03 bits per heavy atom. The van der Waals surface area contributed by atoms with Crippen molar-refractivity contribution in [3.8, 4) is 0 Å². The van der Waals surface area contributed by atoms with Crippen molar-refractivity contribution in [2.24, 2.45) is 5.92 Å². The van der Waals surface area contributed by atoms with Crippen LogP contribution in [0.1, 0.15) is 34.3 Å². The topological polar surface area (TPSA) is 58.6 Å². The van der Waals surface area contributed by atoms with Crippen LogP contribution < -0.4 is 5.32 Å². The molecule has 3 aromatic carbocycles. The van der Waals surface area contributed by atoms with E-state index >= 15 is 0 Å². The van der Waals surface area contributed by atoms with Crippen molar-refractivity contribution in [1.29, 1.82) is 0 Å². The summed E-state index contributed by atoms with van der Waals surface area (Å²) in [5.41, 5.74) is 3.37. The van der Waals surface area contributed by atoms with Crippen molar-refractivity contribution in [2.45, 2.75) is 26.3 Å².